The molecule has 0 fully saturated rings. The van der Waals surface area contributed by atoms with Gasteiger partial charge in [0.25, 0.3) is 0 Å². The van der Waals surface area contributed by atoms with Crippen molar-refractivity contribution in [2.75, 3.05) is 10.6 Å². The van der Waals surface area contributed by atoms with Gasteiger partial charge in [-0.05, 0) is 48.4 Å². The maximum atomic E-state index is 4.54. The van der Waals surface area contributed by atoms with Crippen molar-refractivity contribution >= 4 is 34.2 Å². The zero-order valence-electron chi connectivity index (χ0n) is 17.0. The second kappa shape index (κ2) is 8.23. The van der Waals surface area contributed by atoms with Gasteiger partial charge in [-0.3, -0.25) is 4.68 Å². The minimum atomic E-state index is 0.473. The molecule has 5 aromatic rings. The molecule has 0 aliphatic rings. The van der Waals surface area contributed by atoms with Gasteiger partial charge in [-0.1, -0.05) is 42.5 Å². The first kappa shape index (κ1) is 18.7. The van der Waals surface area contributed by atoms with Crippen LogP contribution >= 0.6 is 0 Å². The van der Waals surface area contributed by atoms with Gasteiger partial charge in [-0.2, -0.15) is 10.1 Å². The average Bonchev–Trinajstić information content (AvgIpc) is 3.17. The summed E-state index contributed by atoms with van der Waals surface area (Å²) in [7, 11) is 0. The number of hydrogen-bond donors (Lipinski definition) is 2. The molecular weight excluding hydrogens is 386 g/mol. The second-order valence-electron chi connectivity index (χ2n) is 7.31. The van der Waals surface area contributed by atoms with Crippen LogP contribution in [0.25, 0.3) is 10.9 Å². The van der Waals surface area contributed by atoms with Gasteiger partial charge in [0.2, 0.25) is 11.9 Å². The number of hydrogen-bond acceptors (Lipinski definition) is 6. The summed E-state index contributed by atoms with van der Waals surface area (Å²) in [4.78, 5) is 12.9. The zero-order chi connectivity index (χ0) is 21.0. The summed E-state index contributed by atoms with van der Waals surface area (Å²) in [6, 6.07) is 24.5. The molecule has 152 valence electrons. The van der Waals surface area contributed by atoms with Crippen LogP contribution in [0.2, 0.25) is 0 Å². The van der Waals surface area contributed by atoms with Crippen LogP contribution in [-0.4, -0.2) is 24.7 Å². The Hall–Kier alpha value is -4.26. The van der Waals surface area contributed by atoms with E-state index in [-0.39, 0.29) is 0 Å². The lowest BCUT2D eigenvalue weighted by Crippen LogP contribution is -2.03. The van der Waals surface area contributed by atoms with Crippen molar-refractivity contribution in [3.63, 3.8) is 0 Å². The molecule has 0 atom stereocenters. The lowest BCUT2D eigenvalue weighted by atomic mass is 10.2. The molecule has 2 heterocycles. The van der Waals surface area contributed by atoms with Crippen LogP contribution in [0.1, 0.15) is 11.1 Å². The summed E-state index contributed by atoms with van der Waals surface area (Å²) in [5.41, 5.74) is 5.28. The van der Waals surface area contributed by atoms with Crippen molar-refractivity contribution < 1.29 is 0 Å². The number of nitrogens with zero attached hydrogens (tertiary/aromatic N) is 5. The predicted octanol–water partition coefficient (Wildman–Crippen LogP) is 5.07. The van der Waals surface area contributed by atoms with Gasteiger partial charge in [0, 0.05) is 16.8 Å². The molecular formula is C24H21N7. The smallest absolute Gasteiger partial charge is 0.232 e. The molecule has 0 radical (unpaired) electrons. The molecule has 0 aliphatic heterocycles. The monoisotopic (exact) mass is 407 g/mol. The Labute approximate surface area is 179 Å². The van der Waals surface area contributed by atoms with Crippen molar-refractivity contribution in [3.05, 3.63) is 96.4 Å². The van der Waals surface area contributed by atoms with E-state index in [0.717, 1.165) is 28.8 Å². The molecule has 7 nitrogen and oxygen atoms in total. The Balaban J connectivity index is 1.33. The van der Waals surface area contributed by atoms with Gasteiger partial charge >= 0.3 is 0 Å². The van der Waals surface area contributed by atoms with E-state index >= 15 is 0 Å². The van der Waals surface area contributed by atoms with E-state index in [4.69, 9.17) is 0 Å². The van der Waals surface area contributed by atoms with E-state index in [1.165, 1.54) is 17.5 Å². The number of aromatic nitrogens is 5. The van der Waals surface area contributed by atoms with E-state index in [0.29, 0.717) is 11.9 Å². The van der Waals surface area contributed by atoms with Crippen molar-refractivity contribution in [3.8, 4) is 0 Å². The maximum absolute atomic E-state index is 4.54. The molecule has 2 aromatic heterocycles. The van der Waals surface area contributed by atoms with Crippen LogP contribution in [0, 0.1) is 6.92 Å². The van der Waals surface area contributed by atoms with Crippen LogP contribution < -0.4 is 10.6 Å². The Bertz CT molecular complexity index is 1330. The number of anilines is 4. The lowest BCUT2D eigenvalue weighted by molar-refractivity contribution is 0.712. The molecule has 0 aliphatic carbocycles. The third-order valence-corrected chi connectivity index (χ3v) is 4.92. The molecule has 0 spiro atoms. The molecule has 2 N–H and O–H groups in total. The fourth-order valence-electron chi connectivity index (χ4n) is 3.44. The van der Waals surface area contributed by atoms with E-state index in [9.17, 15) is 0 Å². The SMILES string of the molecule is Cc1cccc(Nc2ncnc(Nc3ccc4c(cnn4Cc4ccccc4)c3)n2)c1. The minimum Gasteiger partial charge on any atom is -0.324 e. The quantitative estimate of drug-likeness (QED) is 0.409. The molecule has 0 unspecified atom stereocenters. The number of aryl methyl sites for hydroxylation is 1. The highest BCUT2D eigenvalue weighted by Crippen LogP contribution is 2.22. The number of nitrogens with one attached hydrogen (secondary N) is 2. The van der Waals surface area contributed by atoms with Gasteiger partial charge in [0.1, 0.15) is 6.33 Å². The van der Waals surface area contributed by atoms with E-state index in [1.807, 2.05) is 72.4 Å². The summed E-state index contributed by atoms with van der Waals surface area (Å²) in [6.45, 7) is 2.78. The average molecular weight is 407 g/mol. The molecule has 3 aromatic carbocycles. The molecule has 0 amide bonds. The van der Waals surface area contributed by atoms with Crippen LogP contribution in [0.4, 0.5) is 23.3 Å². The predicted molar refractivity (Wildman–Crippen MR) is 123 cm³/mol. The normalized spacial score (nSPS) is 10.9. The van der Waals surface area contributed by atoms with Gasteiger partial charge in [-0.15, -0.1) is 0 Å². The Kier molecular flexibility index (Phi) is 4.98. The highest BCUT2D eigenvalue weighted by molar-refractivity contribution is 5.83. The molecule has 31 heavy (non-hydrogen) atoms. The van der Waals surface area contributed by atoms with E-state index in [2.05, 4.69) is 48.9 Å². The third kappa shape index (κ3) is 4.35. The molecule has 0 saturated heterocycles. The van der Waals surface area contributed by atoms with E-state index in [1.54, 1.807) is 0 Å². The molecule has 0 bridgehead atoms. The summed E-state index contributed by atoms with van der Waals surface area (Å²) in [5.74, 6) is 0.959. The largest absolute Gasteiger partial charge is 0.324 e. The van der Waals surface area contributed by atoms with E-state index < -0.39 is 0 Å². The Morgan fingerprint density at radius 2 is 1.58 bits per heavy atom. The molecule has 0 saturated carbocycles. The Morgan fingerprint density at radius 3 is 2.35 bits per heavy atom. The van der Waals surface area contributed by atoms with Crippen LogP contribution in [0.5, 0.6) is 0 Å². The fraction of sp³-hybridized carbons (Fsp3) is 0.0833. The molecule has 5 rings (SSSR count). The second-order valence-corrected chi connectivity index (χ2v) is 7.31. The zero-order valence-corrected chi connectivity index (χ0v) is 17.0. The highest BCUT2D eigenvalue weighted by atomic mass is 15.3. The fourth-order valence-corrected chi connectivity index (χ4v) is 3.44. The third-order valence-electron chi connectivity index (χ3n) is 4.92. The maximum Gasteiger partial charge on any atom is 0.232 e. The standard InChI is InChI=1S/C24H21N7/c1-17-6-5-9-20(12-17)28-23-25-16-26-24(30-23)29-21-10-11-22-19(13-21)14-27-31(22)15-18-7-3-2-4-8-18/h2-14,16H,15H2,1H3,(H2,25,26,28,29,30). The topological polar surface area (TPSA) is 80.5 Å². The lowest BCUT2D eigenvalue weighted by Gasteiger charge is -2.08. The minimum absolute atomic E-state index is 0.473. The van der Waals surface area contributed by atoms with Crippen molar-refractivity contribution in [2.45, 2.75) is 13.5 Å². The summed E-state index contributed by atoms with van der Waals surface area (Å²) < 4.78 is 2.00. The van der Waals surface area contributed by atoms with Crippen LogP contribution in [0.3, 0.4) is 0 Å². The molecule has 7 heteroatoms. The van der Waals surface area contributed by atoms with Crippen molar-refractivity contribution in [1.82, 2.24) is 24.7 Å². The van der Waals surface area contributed by atoms with Crippen LogP contribution in [0.15, 0.2) is 85.3 Å². The van der Waals surface area contributed by atoms with Gasteiger partial charge in [-0.25, -0.2) is 9.97 Å². The number of fused-ring (bicyclic) bond motifs is 1. The van der Waals surface area contributed by atoms with Crippen molar-refractivity contribution in [1.29, 1.82) is 0 Å². The Morgan fingerprint density at radius 1 is 0.806 bits per heavy atom. The van der Waals surface area contributed by atoms with Gasteiger partial charge in [0.15, 0.2) is 0 Å². The van der Waals surface area contributed by atoms with Crippen molar-refractivity contribution in [2.24, 2.45) is 0 Å². The number of benzene rings is 3. The van der Waals surface area contributed by atoms with Gasteiger partial charge < -0.3 is 10.6 Å². The first-order valence-electron chi connectivity index (χ1n) is 10.0. The van der Waals surface area contributed by atoms with Crippen LogP contribution in [-0.2, 0) is 6.54 Å². The number of rotatable bonds is 6. The summed E-state index contributed by atoms with van der Waals surface area (Å²) >= 11 is 0. The highest BCUT2D eigenvalue weighted by Gasteiger charge is 2.07. The first-order valence-corrected chi connectivity index (χ1v) is 10.0. The first-order chi connectivity index (χ1) is 15.2. The summed E-state index contributed by atoms with van der Waals surface area (Å²) in [6.07, 6.45) is 3.37. The summed E-state index contributed by atoms with van der Waals surface area (Å²) in [5, 5.41) is 12.1. The van der Waals surface area contributed by atoms with Gasteiger partial charge in [0.05, 0.1) is 18.3 Å².